The lowest BCUT2D eigenvalue weighted by Gasteiger charge is -2.43. The summed E-state index contributed by atoms with van der Waals surface area (Å²) >= 11 is 0. The van der Waals surface area contributed by atoms with Gasteiger partial charge in [0.15, 0.2) is 0 Å². The van der Waals surface area contributed by atoms with E-state index in [0.717, 1.165) is 23.3 Å². The number of nitrogens with one attached hydrogen (secondary N) is 1. The van der Waals surface area contributed by atoms with E-state index in [9.17, 15) is 9.59 Å². The van der Waals surface area contributed by atoms with Crippen LogP contribution in [0.2, 0.25) is 0 Å². The van der Waals surface area contributed by atoms with E-state index in [1.165, 1.54) is 0 Å². The number of rotatable bonds is 8. The summed E-state index contributed by atoms with van der Waals surface area (Å²) in [6.07, 6.45) is 0.737. The molecule has 2 aromatic carbocycles. The highest BCUT2D eigenvalue weighted by Crippen LogP contribution is 2.31. The minimum Gasteiger partial charge on any atom is -0.497 e. The Labute approximate surface area is 199 Å². The molecule has 3 aromatic rings. The van der Waals surface area contributed by atoms with Gasteiger partial charge in [0, 0.05) is 24.2 Å². The van der Waals surface area contributed by atoms with Gasteiger partial charge in [-0.05, 0) is 49.7 Å². The van der Waals surface area contributed by atoms with Gasteiger partial charge in [-0.15, -0.1) is 0 Å². The first-order chi connectivity index (χ1) is 16.4. The van der Waals surface area contributed by atoms with Gasteiger partial charge in [0.1, 0.15) is 22.7 Å². The molecule has 8 heteroatoms. The maximum absolute atomic E-state index is 13.5. The zero-order chi connectivity index (χ0) is 24.3. The summed E-state index contributed by atoms with van der Waals surface area (Å²) in [6.45, 7) is 4.84. The molecule has 8 nitrogen and oxygen atoms in total. The Hall–Kier alpha value is -3.81. The topological polar surface area (TPSA) is 85.7 Å². The van der Waals surface area contributed by atoms with E-state index in [-0.39, 0.29) is 18.4 Å². The molecule has 1 N–H and O–H groups in total. The Morgan fingerprint density at radius 1 is 1.12 bits per heavy atom. The Bertz CT molecular complexity index is 1190. The number of ether oxygens (including phenoxy) is 2. The van der Waals surface area contributed by atoms with Crippen LogP contribution in [0.25, 0.3) is 11.3 Å². The minimum atomic E-state index is -1.08. The number of amides is 2. The Balaban J connectivity index is 1.62. The summed E-state index contributed by atoms with van der Waals surface area (Å²) < 4.78 is 12.3. The molecule has 178 valence electrons. The fourth-order valence-corrected chi connectivity index (χ4v) is 4.33. The highest BCUT2D eigenvalue weighted by Gasteiger charge is 2.47. The number of methoxy groups -OCH3 is 2. The largest absolute Gasteiger partial charge is 0.497 e. The van der Waals surface area contributed by atoms with Crippen LogP contribution in [0, 0.1) is 0 Å². The number of hydrogen-bond donors (Lipinski definition) is 1. The summed E-state index contributed by atoms with van der Waals surface area (Å²) in [6, 6.07) is 16.9. The molecule has 1 aliphatic rings. The van der Waals surface area contributed by atoms with Gasteiger partial charge in [0.05, 0.1) is 26.5 Å². The molecule has 0 radical (unpaired) electrons. The second kappa shape index (κ2) is 9.59. The molecule has 1 aliphatic heterocycles. The number of para-hydroxylation sites is 1. The summed E-state index contributed by atoms with van der Waals surface area (Å²) in [5.74, 6) is 1.02. The van der Waals surface area contributed by atoms with Gasteiger partial charge in [-0.25, -0.2) is 0 Å². The third-order valence-electron chi connectivity index (χ3n) is 6.25. The first-order valence-corrected chi connectivity index (χ1v) is 11.4. The van der Waals surface area contributed by atoms with Gasteiger partial charge >= 0.3 is 0 Å². The Morgan fingerprint density at radius 3 is 2.53 bits per heavy atom. The van der Waals surface area contributed by atoms with Gasteiger partial charge in [-0.1, -0.05) is 25.1 Å². The molecule has 34 heavy (non-hydrogen) atoms. The standard InChI is InChI=1S/C26H30N4O4/c1-5-14-29-24(31)22-15-21(18-10-12-20(33-3)13-11-18)28-30(22)17-26(29,2)25(32)27-16-19-8-6-7-9-23(19)34-4/h6-13,15H,5,14,16-17H2,1-4H3,(H,27,32)/t26-/m1/s1. The van der Waals surface area contributed by atoms with Crippen molar-refractivity contribution in [2.24, 2.45) is 0 Å². The van der Waals surface area contributed by atoms with Crippen molar-refractivity contribution in [3.05, 3.63) is 65.9 Å². The Morgan fingerprint density at radius 2 is 1.85 bits per heavy atom. The summed E-state index contributed by atoms with van der Waals surface area (Å²) in [5, 5.41) is 7.68. The van der Waals surface area contributed by atoms with E-state index in [4.69, 9.17) is 9.47 Å². The molecule has 0 saturated carbocycles. The van der Waals surface area contributed by atoms with E-state index in [1.54, 1.807) is 36.8 Å². The highest BCUT2D eigenvalue weighted by molar-refractivity contribution is 6.00. The van der Waals surface area contributed by atoms with Gasteiger partial charge in [-0.3, -0.25) is 14.3 Å². The van der Waals surface area contributed by atoms with E-state index in [2.05, 4.69) is 10.4 Å². The number of nitrogens with zero attached hydrogens (tertiary/aromatic N) is 3. The van der Waals surface area contributed by atoms with Crippen LogP contribution in [0.4, 0.5) is 0 Å². The van der Waals surface area contributed by atoms with Crippen molar-refractivity contribution in [2.75, 3.05) is 20.8 Å². The van der Waals surface area contributed by atoms with Crippen molar-refractivity contribution in [3.63, 3.8) is 0 Å². The molecule has 1 aromatic heterocycles. The zero-order valence-corrected chi connectivity index (χ0v) is 20.0. The van der Waals surface area contributed by atoms with Crippen LogP contribution < -0.4 is 14.8 Å². The summed E-state index contributed by atoms with van der Waals surface area (Å²) in [4.78, 5) is 28.6. The zero-order valence-electron chi connectivity index (χ0n) is 20.0. The Kier molecular flexibility index (Phi) is 6.58. The molecule has 0 bridgehead atoms. The van der Waals surface area contributed by atoms with Gasteiger partial charge in [0.2, 0.25) is 5.91 Å². The van der Waals surface area contributed by atoms with Crippen LogP contribution in [-0.2, 0) is 17.9 Å². The number of hydrogen-bond acceptors (Lipinski definition) is 5. The molecular weight excluding hydrogens is 432 g/mol. The number of aromatic nitrogens is 2. The number of carbonyl (C=O) groups excluding carboxylic acids is 2. The molecule has 0 spiro atoms. The first kappa shape index (κ1) is 23.4. The third kappa shape index (κ3) is 4.23. The van der Waals surface area contributed by atoms with Gasteiger partial charge in [0.25, 0.3) is 5.91 Å². The first-order valence-electron chi connectivity index (χ1n) is 11.4. The molecule has 1 atom stereocenters. The van der Waals surface area contributed by atoms with Gasteiger partial charge in [-0.2, -0.15) is 5.10 Å². The minimum absolute atomic E-state index is 0.199. The van der Waals surface area contributed by atoms with Crippen molar-refractivity contribution in [2.45, 2.75) is 38.9 Å². The summed E-state index contributed by atoms with van der Waals surface area (Å²) in [7, 11) is 3.22. The smallest absolute Gasteiger partial charge is 0.273 e. The molecule has 0 aliphatic carbocycles. The van der Waals surface area contributed by atoms with Crippen LogP contribution in [0.1, 0.15) is 36.3 Å². The fraction of sp³-hybridized carbons (Fsp3) is 0.346. The predicted octanol–water partition coefficient (Wildman–Crippen LogP) is 3.51. The monoisotopic (exact) mass is 462 g/mol. The molecular formula is C26H30N4O4. The van der Waals surface area contributed by atoms with Crippen molar-refractivity contribution in [1.82, 2.24) is 20.0 Å². The number of fused-ring (bicyclic) bond motifs is 1. The maximum Gasteiger partial charge on any atom is 0.273 e. The van der Waals surface area contributed by atoms with E-state index < -0.39 is 5.54 Å². The predicted molar refractivity (Wildman–Crippen MR) is 129 cm³/mol. The highest BCUT2D eigenvalue weighted by atomic mass is 16.5. The second-order valence-electron chi connectivity index (χ2n) is 8.53. The summed E-state index contributed by atoms with van der Waals surface area (Å²) in [5.41, 5.74) is 1.83. The SMILES string of the molecule is CCCN1C(=O)c2cc(-c3ccc(OC)cc3)nn2C[C@]1(C)C(=O)NCc1ccccc1OC. The second-order valence-corrected chi connectivity index (χ2v) is 8.53. The van der Waals surface area contributed by atoms with Crippen LogP contribution in [0.5, 0.6) is 11.5 Å². The average molecular weight is 463 g/mol. The lowest BCUT2D eigenvalue weighted by Crippen LogP contribution is -2.64. The molecule has 2 heterocycles. The maximum atomic E-state index is 13.5. The molecule has 0 unspecified atom stereocenters. The van der Waals surface area contributed by atoms with Crippen molar-refractivity contribution in [3.8, 4) is 22.8 Å². The average Bonchev–Trinajstić information content (AvgIpc) is 3.29. The van der Waals surface area contributed by atoms with Crippen LogP contribution in [0.15, 0.2) is 54.6 Å². The fourth-order valence-electron chi connectivity index (χ4n) is 4.33. The molecule has 0 saturated heterocycles. The molecule has 0 fully saturated rings. The quantitative estimate of drug-likeness (QED) is 0.554. The number of carbonyl (C=O) groups is 2. The lowest BCUT2D eigenvalue weighted by atomic mass is 9.94. The van der Waals surface area contributed by atoms with Crippen LogP contribution in [-0.4, -0.2) is 52.8 Å². The van der Waals surface area contributed by atoms with Crippen LogP contribution >= 0.6 is 0 Å². The van der Waals surface area contributed by atoms with Crippen LogP contribution in [0.3, 0.4) is 0 Å². The lowest BCUT2D eigenvalue weighted by molar-refractivity contribution is -0.133. The molecule has 2 amide bonds. The van der Waals surface area contributed by atoms with Crippen molar-refractivity contribution >= 4 is 11.8 Å². The van der Waals surface area contributed by atoms with Gasteiger partial charge < -0.3 is 19.7 Å². The normalized spacial score (nSPS) is 17.3. The third-order valence-corrected chi connectivity index (χ3v) is 6.25. The molecule has 4 rings (SSSR count). The van der Waals surface area contributed by atoms with Crippen molar-refractivity contribution < 1.29 is 19.1 Å². The van der Waals surface area contributed by atoms with E-state index in [0.29, 0.717) is 30.2 Å². The van der Waals surface area contributed by atoms with Crippen molar-refractivity contribution in [1.29, 1.82) is 0 Å². The van der Waals surface area contributed by atoms with E-state index >= 15 is 0 Å². The number of benzene rings is 2. The van der Waals surface area contributed by atoms with E-state index in [1.807, 2.05) is 55.5 Å².